The van der Waals surface area contributed by atoms with Crippen molar-refractivity contribution in [2.24, 2.45) is 0 Å². The van der Waals surface area contributed by atoms with Crippen LogP contribution >= 0.6 is 0 Å². The van der Waals surface area contributed by atoms with E-state index in [1.807, 2.05) is 0 Å². The third-order valence-corrected chi connectivity index (χ3v) is 4.64. The van der Waals surface area contributed by atoms with Crippen LogP contribution in [-0.2, 0) is 6.18 Å². The highest BCUT2D eigenvalue weighted by Crippen LogP contribution is 2.36. The van der Waals surface area contributed by atoms with Gasteiger partial charge >= 0.3 is 6.18 Å². The van der Waals surface area contributed by atoms with Crippen molar-refractivity contribution in [3.63, 3.8) is 0 Å². The number of benzene rings is 2. The van der Waals surface area contributed by atoms with Crippen LogP contribution in [0.2, 0.25) is 0 Å². The Labute approximate surface area is 175 Å². The largest absolute Gasteiger partial charge is 0.497 e. The maximum atomic E-state index is 14.6. The van der Waals surface area contributed by atoms with E-state index < -0.39 is 29.5 Å². The lowest BCUT2D eigenvalue weighted by atomic mass is 9.98. The lowest BCUT2D eigenvalue weighted by Crippen LogP contribution is -2.35. The minimum absolute atomic E-state index is 0.0893. The van der Waals surface area contributed by atoms with Crippen molar-refractivity contribution in [3.8, 4) is 16.9 Å². The summed E-state index contributed by atoms with van der Waals surface area (Å²) in [7, 11) is 1.38. The molecule has 5 nitrogen and oxygen atoms in total. The number of halogens is 4. The van der Waals surface area contributed by atoms with Gasteiger partial charge in [-0.1, -0.05) is 12.1 Å². The number of hydrogen-bond donors (Lipinski definition) is 2. The number of aliphatic hydroxyl groups excluding tert-OH is 1. The summed E-state index contributed by atoms with van der Waals surface area (Å²) in [4.78, 5) is 16.6. The van der Waals surface area contributed by atoms with Crippen LogP contribution in [0.15, 0.2) is 55.3 Å². The van der Waals surface area contributed by atoms with Crippen molar-refractivity contribution in [1.82, 2.24) is 10.3 Å². The third-order valence-electron chi connectivity index (χ3n) is 4.64. The van der Waals surface area contributed by atoms with Gasteiger partial charge in [-0.05, 0) is 30.3 Å². The molecule has 0 aliphatic heterocycles. The molecule has 0 unspecified atom stereocenters. The third kappa shape index (κ3) is 4.66. The van der Waals surface area contributed by atoms with Crippen LogP contribution in [0.3, 0.4) is 0 Å². The van der Waals surface area contributed by atoms with Crippen LogP contribution < -0.4 is 10.1 Å². The highest BCUT2D eigenvalue weighted by molar-refractivity contribution is 6.01. The SMILES string of the molecule is C=C[C@H](CO)NC(=O)c1cnc2c(-c3ccc(C(F)(F)F)cc3F)cc(OC)cc2c1. The van der Waals surface area contributed by atoms with E-state index in [1.54, 1.807) is 6.07 Å². The number of carbonyl (C=O) groups is 1. The van der Waals surface area contributed by atoms with Crippen LogP contribution in [0.25, 0.3) is 22.0 Å². The van der Waals surface area contributed by atoms with Gasteiger partial charge in [-0.15, -0.1) is 6.58 Å². The fourth-order valence-corrected chi connectivity index (χ4v) is 3.01. The number of hydrogen-bond acceptors (Lipinski definition) is 4. The van der Waals surface area contributed by atoms with Gasteiger partial charge in [0.15, 0.2) is 0 Å². The van der Waals surface area contributed by atoms with Crippen LogP contribution in [0.1, 0.15) is 15.9 Å². The Bertz CT molecular complexity index is 1150. The summed E-state index contributed by atoms with van der Waals surface area (Å²) in [6, 6.07) is 6.11. The van der Waals surface area contributed by atoms with Crippen LogP contribution in [0.4, 0.5) is 17.6 Å². The molecule has 1 atom stereocenters. The van der Waals surface area contributed by atoms with Gasteiger partial charge in [0.1, 0.15) is 11.6 Å². The Kier molecular flexibility index (Phi) is 6.26. The topological polar surface area (TPSA) is 71.5 Å². The molecule has 0 aliphatic rings. The summed E-state index contributed by atoms with van der Waals surface area (Å²) < 4.78 is 58.4. The standard InChI is InChI=1S/C22H18F4N2O3/c1-3-15(11-29)28-21(30)13-6-12-7-16(31-2)9-18(20(12)27-10-13)17-5-4-14(8-19(17)23)22(24,25)26/h3-10,15,29H,1,11H2,2H3,(H,28,30)/t15-/m1/s1. The molecule has 9 heteroatoms. The van der Waals surface area contributed by atoms with E-state index in [0.29, 0.717) is 17.2 Å². The second-order valence-corrected chi connectivity index (χ2v) is 6.66. The maximum absolute atomic E-state index is 14.6. The second-order valence-electron chi connectivity index (χ2n) is 6.66. The molecule has 0 saturated carbocycles. The first-order valence-electron chi connectivity index (χ1n) is 9.07. The van der Waals surface area contributed by atoms with Gasteiger partial charge < -0.3 is 15.2 Å². The smallest absolute Gasteiger partial charge is 0.416 e. The van der Waals surface area contributed by atoms with E-state index in [-0.39, 0.29) is 28.8 Å². The Hall–Kier alpha value is -3.46. The zero-order chi connectivity index (χ0) is 22.8. The van der Waals surface area contributed by atoms with Crippen molar-refractivity contribution >= 4 is 16.8 Å². The molecule has 3 aromatic rings. The molecule has 0 fully saturated rings. The highest BCUT2D eigenvalue weighted by atomic mass is 19.4. The fourth-order valence-electron chi connectivity index (χ4n) is 3.01. The summed E-state index contributed by atoms with van der Waals surface area (Å²) in [5.41, 5.74) is -0.535. The molecule has 1 heterocycles. The first kappa shape index (κ1) is 22.2. The predicted molar refractivity (Wildman–Crippen MR) is 107 cm³/mol. The Morgan fingerprint density at radius 2 is 2.00 bits per heavy atom. The fraction of sp³-hybridized carbons (Fsp3) is 0.182. The van der Waals surface area contributed by atoms with E-state index in [9.17, 15) is 27.5 Å². The molecular weight excluding hydrogens is 416 g/mol. The summed E-state index contributed by atoms with van der Waals surface area (Å²) in [6.45, 7) is 3.18. The Morgan fingerprint density at radius 1 is 1.26 bits per heavy atom. The number of aromatic nitrogens is 1. The summed E-state index contributed by atoms with van der Waals surface area (Å²) in [5.74, 6) is -1.27. The summed E-state index contributed by atoms with van der Waals surface area (Å²) in [6.07, 6.45) is -2.04. The molecule has 0 radical (unpaired) electrons. The van der Waals surface area contributed by atoms with Gasteiger partial charge in [-0.2, -0.15) is 13.2 Å². The number of aliphatic hydroxyl groups is 1. The maximum Gasteiger partial charge on any atom is 0.416 e. The molecule has 0 spiro atoms. The second kappa shape index (κ2) is 8.73. The molecule has 1 aromatic heterocycles. The van der Waals surface area contributed by atoms with Gasteiger partial charge in [-0.25, -0.2) is 4.39 Å². The Morgan fingerprint density at radius 3 is 2.58 bits per heavy atom. The number of amides is 1. The lowest BCUT2D eigenvalue weighted by Gasteiger charge is -2.14. The Balaban J connectivity index is 2.11. The van der Waals surface area contributed by atoms with Gasteiger partial charge in [0, 0.05) is 22.7 Å². The zero-order valence-corrected chi connectivity index (χ0v) is 16.3. The number of alkyl halides is 3. The number of fused-ring (bicyclic) bond motifs is 1. The quantitative estimate of drug-likeness (QED) is 0.447. The highest BCUT2D eigenvalue weighted by Gasteiger charge is 2.31. The number of ether oxygens (including phenoxy) is 1. The number of nitrogens with one attached hydrogen (secondary N) is 1. The first-order chi connectivity index (χ1) is 14.7. The zero-order valence-electron chi connectivity index (χ0n) is 16.3. The average Bonchev–Trinajstić information content (AvgIpc) is 2.75. The minimum Gasteiger partial charge on any atom is -0.497 e. The van der Waals surface area contributed by atoms with Gasteiger partial charge in [0.25, 0.3) is 5.91 Å². The normalized spacial score (nSPS) is 12.5. The monoisotopic (exact) mass is 434 g/mol. The molecule has 3 rings (SSSR count). The molecule has 1 amide bonds. The van der Waals surface area contributed by atoms with Crippen LogP contribution in [0, 0.1) is 5.82 Å². The van der Waals surface area contributed by atoms with Gasteiger partial charge in [-0.3, -0.25) is 9.78 Å². The molecule has 162 valence electrons. The summed E-state index contributed by atoms with van der Waals surface area (Å²) in [5, 5.41) is 12.2. The van der Waals surface area contributed by atoms with Gasteiger partial charge in [0.05, 0.1) is 36.4 Å². The van der Waals surface area contributed by atoms with E-state index in [0.717, 1.165) is 12.1 Å². The molecule has 0 saturated heterocycles. The van der Waals surface area contributed by atoms with Crippen molar-refractivity contribution in [1.29, 1.82) is 0 Å². The van der Waals surface area contributed by atoms with Crippen molar-refractivity contribution in [3.05, 3.63) is 72.2 Å². The van der Waals surface area contributed by atoms with Crippen LogP contribution in [0.5, 0.6) is 5.75 Å². The average molecular weight is 434 g/mol. The number of rotatable bonds is 6. The predicted octanol–water partition coefficient (Wildman–Crippen LogP) is 4.35. The van der Waals surface area contributed by atoms with Crippen LogP contribution in [-0.4, -0.2) is 35.8 Å². The van der Waals surface area contributed by atoms with Crippen molar-refractivity contribution in [2.45, 2.75) is 12.2 Å². The molecule has 2 N–H and O–H groups in total. The summed E-state index contributed by atoms with van der Waals surface area (Å²) >= 11 is 0. The van der Waals surface area contributed by atoms with Gasteiger partial charge in [0.2, 0.25) is 0 Å². The number of nitrogens with zero attached hydrogens (tertiary/aromatic N) is 1. The number of carbonyl (C=O) groups excluding carboxylic acids is 1. The molecule has 31 heavy (non-hydrogen) atoms. The molecule has 2 aromatic carbocycles. The van der Waals surface area contributed by atoms with E-state index in [2.05, 4.69) is 16.9 Å². The van der Waals surface area contributed by atoms with E-state index in [4.69, 9.17) is 4.74 Å². The van der Waals surface area contributed by atoms with E-state index in [1.165, 1.54) is 31.5 Å². The molecule has 0 bridgehead atoms. The lowest BCUT2D eigenvalue weighted by molar-refractivity contribution is -0.137. The molecular formula is C22H18F4N2O3. The van der Waals surface area contributed by atoms with Crippen molar-refractivity contribution < 1.29 is 32.2 Å². The molecule has 0 aliphatic carbocycles. The first-order valence-corrected chi connectivity index (χ1v) is 9.07. The minimum atomic E-state index is -4.67. The number of methoxy groups -OCH3 is 1. The van der Waals surface area contributed by atoms with E-state index >= 15 is 0 Å². The van der Waals surface area contributed by atoms with Crippen molar-refractivity contribution in [2.75, 3.05) is 13.7 Å². The number of pyridine rings is 1.